The van der Waals surface area contributed by atoms with Crippen LogP contribution in [0.5, 0.6) is 0 Å². The number of carbonyl (C=O) groups excluding carboxylic acids is 1. The summed E-state index contributed by atoms with van der Waals surface area (Å²) < 4.78 is 11.2. The number of ether oxygens (including phenoxy) is 1. The molecule has 0 spiro atoms. The van der Waals surface area contributed by atoms with Crippen molar-refractivity contribution in [3.63, 3.8) is 0 Å². The number of para-hydroxylation sites is 1. The molecule has 6 nitrogen and oxygen atoms in total. The molecule has 2 heterocycles. The van der Waals surface area contributed by atoms with Crippen molar-refractivity contribution < 1.29 is 13.9 Å². The maximum atomic E-state index is 12.1. The summed E-state index contributed by atoms with van der Waals surface area (Å²) in [5.41, 5.74) is 2.05. The van der Waals surface area contributed by atoms with E-state index < -0.39 is 6.04 Å². The van der Waals surface area contributed by atoms with Crippen LogP contribution >= 0.6 is 0 Å². The molecule has 2 aromatic heterocycles. The molecule has 3 aromatic rings. The molecule has 1 aromatic carbocycles. The van der Waals surface area contributed by atoms with Gasteiger partial charge in [0, 0.05) is 12.4 Å². The van der Waals surface area contributed by atoms with Crippen molar-refractivity contribution in [2.75, 3.05) is 11.9 Å². The highest BCUT2D eigenvalue weighted by Gasteiger charge is 2.25. The first kappa shape index (κ1) is 15.3. The number of anilines is 1. The molecule has 0 N–H and O–H groups in total. The third kappa shape index (κ3) is 2.72. The summed E-state index contributed by atoms with van der Waals surface area (Å²) in [6.45, 7) is 5.43. The third-order valence-electron chi connectivity index (χ3n) is 3.75. The average molecular weight is 313 g/mol. The molecule has 0 amide bonds. The topological polar surface area (TPSA) is 68.5 Å². The van der Waals surface area contributed by atoms with Gasteiger partial charge in [0.1, 0.15) is 23.5 Å². The zero-order chi connectivity index (χ0) is 16.6. The minimum Gasteiger partial charge on any atom is -0.461 e. The number of nitrogens with zero attached hydrogens (tertiary/aromatic N) is 3. The van der Waals surface area contributed by atoms with Crippen molar-refractivity contribution in [3.05, 3.63) is 30.6 Å². The zero-order valence-electron chi connectivity index (χ0n) is 13.6. The fraction of sp³-hybridized carbons (Fsp3) is 0.353. The number of aromatic nitrogens is 2. The van der Waals surface area contributed by atoms with Crippen molar-refractivity contribution >= 4 is 33.9 Å². The second kappa shape index (κ2) is 5.87. The van der Waals surface area contributed by atoms with Crippen molar-refractivity contribution in [2.24, 2.45) is 0 Å². The van der Waals surface area contributed by atoms with Crippen LogP contribution in [0.2, 0.25) is 0 Å². The van der Waals surface area contributed by atoms with E-state index in [9.17, 15) is 4.79 Å². The predicted molar refractivity (Wildman–Crippen MR) is 88.4 cm³/mol. The Bertz CT molecular complexity index is 857. The molecule has 6 heteroatoms. The number of hydrogen-bond donors (Lipinski definition) is 0. The lowest BCUT2D eigenvalue weighted by Gasteiger charge is -2.24. The highest BCUT2D eigenvalue weighted by molar-refractivity contribution is 6.05. The average Bonchev–Trinajstić information content (AvgIpc) is 2.91. The summed E-state index contributed by atoms with van der Waals surface area (Å²) in [6.07, 6.45) is 1.33. The molecule has 0 fully saturated rings. The lowest BCUT2D eigenvalue weighted by atomic mass is 10.2. The fourth-order valence-corrected chi connectivity index (χ4v) is 2.44. The molecular formula is C17H19N3O3. The maximum absolute atomic E-state index is 12.1. The Hall–Kier alpha value is -2.63. The molecule has 0 aliphatic heterocycles. The van der Waals surface area contributed by atoms with Gasteiger partial charge < -0.3 is 14.1 Å². The van der Waals surface area contributed by atoms with Gasteiger partial charge in [0.25, 0.3) is 0 Å². The Kier molecular flexibility index (Phi) is 3.90. The number of furan rings is 1. The largest absolute Gasteiger partial charge is 0.461 e. The number of rotatable bonds is 4. The molecule has 120 valence electrons. The van der Waals surface area contributed by atoms with Crippen LogP contribution in [-0.2, 0) is 9.53 Å². The Labute approximate surface area is 134 Å². The van der Waals surface area contributed by atoms with Gasteiger partial charge in [0.2, 0.25) is 0 Å². The third-order valence-corrected chi connectivity index (χ3v) is 3.75. The van der Waals surface area contributed by atoms with E-state index in [0.29, 0.717) is 11.4 Å². The fourth-order valence-electron chi connectivity index (χ4n) is 2.44. The van der Waals surface area contributed by atoms with Crippen molar-refractivity contribution in [1.82, 2.24) is 9.97 Å². The van der Waals surface area contributed by atoms with Crippen LogP contribution in [0.4, 0.5) is 5.82 Å². The van der Waals surface area contributed by atoms with Gasteiger partial charge in [-0.1, -0.05) is 12.1 Å². The summed E-state index contributed by atoms with van der Waals surface area (Å²) in [5.74, 6) is 0.268. The predicted octanol–water partition coefficient (Wildman–Crippen LogP) is 3.15. The molecule has 1 unspecified atom stereocenters. The second-order valence-corrected chi connectivity index (χ2v) is 5.75. The maximum Gasteiger partial charge on any atom is 0.328 e. The van der Waals surface area contributed by atoms with Crippen LogP contribution in [-0.4, -0.2) is 35.1 Å². The minimum absolute atomic E-state index is 0.157. The number of fused-ring (bicyclic) bond motifs is 3. The first-order valence-corrected chi connectivity index (χ1v) is 7.54. The van der Waals surface area contributed by atoms with Crippen molar-refractivity contribution in [1.29, 1.82) is 0 Å². The lowest BCUT2D eigenvalue weighted by molar-refractivity contribution is -0.148. The van der Waals surface area contributed by atoms with E-state index in [1.54, 1.807) is 18.9 Å². The van der Waals surface area contributed by atoms with Crippen LogP contribution in [0.25, 0.3) is 22.1 Å². The van der Waals surface area contributed by atoms with Crippen LogP contribution in [0.1, 0.15) is 20.8 Å². The quantitative estimate of drug-likeness (QED) is 0.689. The van der Waals surface area contributed by atoms with Gasteiger partial charge in [0.15, 0.2) is 11.4 Å². The van der Waals surface area contributed by atoms with Crippen LogP contribution in [0.3, 0.4) is 0 Å². The molecular weight excluding hydrogens is 294 g/mol. The molecule has 0 bridgehead atoms. The molecule has 23 heavy (non-hydrogen) atoms. The number of hydrogen-bond acceptors (Lipinski definition) is 6. The van der Waals surface area contributed by atoms with Gasteiger partial charge in [-0.3, -0.25) is 0 Å². The van der Waals surface area contributed by atoms with Gasteiger partial charge in [-0.25, -0.2) is 14.8 Å². The highest BCUT2D eigenvalue weighted by Crippen LogP contribution is 2.32. The molecule has 1 atom stereocenters. The summed E-state index contributed by atoms with van der Waals surface area (Å²) in [5, 5.41) is 0.928. The van der Waals surface area contributed by atoms with Crippen LogP contribution in [0.15, 0.2) is 35.0 Å². The van der Waals surface area contributed by atoms with E-state index in [2.05, 4.69) is 9.97 Å². The number of carbonyl (C=O) groups is 1. The van der Waals surface area contributed by atoms with E-state index in [-0.39, 0.29) is 12.1 Å². The second-order valence-electron chi connectivity index (χ2n) is 5.75. The minimum atomic E-state index is -0.483. The molecule has 3 rings (SSSR count). The molecule has 0 aliphatic rings. The molecule has 0 aliphatic carbocycles. The van der Waals surface area contributed by atoms with Crippen LogP contribution in [0, 0.1) is 0 Å². The smallest absolute Gasteiger partial charge is 0.328 e. The van der Waals surface area contributed by atoms with Gasteiger partial charge in [-0.15, -0.1) is 0 Å². The van der Waals surface area contributed by atoms with E-state index in [1.165, 1.54) is 6.33 Å². The SMILES string of the molecule is CC(C)OC(=O)C(C)N(C)c1ncnc2c1oc1ccccc12. The lowest BCUT2D eigenvalue weighted by Crippen LogP contribution is -2.38. The molecule has 0 radical (unpaired) electrons. The standard InChI is InChI=1S/C17H19N3O3/c1-10(2)22-17(21)11(3)20(4)16-15-14(18-9-19-16)12-7-5-6-8-13(12)23-15/h5-11H,1-4H3. The van der Waals surface area contributed by atoms with Crippen LogP contribution < -0.4 is 4.90 Å². The highest BCUT2D eigenvalue weighted by atomic mass is 16.5. The molecule has 0 saturated carbocycles. The van der Waals surface area contributed by atoms with E-state index in [4.69, 9.17) is 9.15 Å². The normalized spacial score (nSPS) is 12.7. The summed E-state index contributed by atoms with van der Waals surface area (Å²) in [6, 6.07) is 7.20. The van der Waals surface area contributed by atoms with E-state index >= 15 is 0 Å². The summed E-state index contributed by atoms with van der Waals surface area (Å²) >= 11 is 0. The van der Waals surface area contributed by atoms with Gasteiger partial charge in [-0.05, 0) is 32.9 Å². The Morgan fingerprint density at radius 2 is 1.96 bits per heavy atom. The number of benzene rings is 1. The van der Waals surface area contributed by atoms with Gasteiger partial charge >= 0.3 is 5.97 Å². The van der Waals surface area contributed by atoms with Gasteiger partial charge in [0.05, 0.1) is 6.10 Å². The Morgan fingerprint density at radius 3 is 2.70 bits per heavy atom. The summed E-state index contributed by atoms with van der Waals surface area (Å²) in [4.78, 5) is 22.5. The van der Waals surface area contributed by atoms with E-state index in [0.717, 1.165) is 16.5 Å². The van der Waals surface area contributed by atoms with E-state index in [1.807, 2.05) is 38.1 Å². The Morgan fingerprint density at radius 1 is 1.22 bits per heavy atom. The number of likely N-dealkylation sites (N-methyl/N-ethyl adjacent to an activating group) is 1. The first-order chi connectivity index (χ1) is 11.0. The monoisotopic (exact) mass is 313 g/mol. The van der Waals surface area contributed by atoms with Crippen molar-refractivity contribution in [3.8, 4) is 0 Å². The van der Waals surface area contributed by atoms with Crippen molar-refractivity contribution in [2.45, 2.75) is 32.9 Å². The first-order valence-electron chi connectivity index (χ1n) is 7.54. The molecule has 0 saturated heterocycles. The Balaban J connectivity index is 2.04. The zero-order valence-corrected chi connectivity index (χ0v) is 13.6. The summed E-state index contributed by atoms with van der Waals surface area (Å²) in [7, 11) is 1.79. The number of esters is 1. The van der Waals surface area contributed by atoms with Gasteiger partial charge in [-0.2, -0.15) is 0 Å².